The van der Waals surface area contributed by atoms with Crippen LogP contribution in [0.1, 0.15) is 83.8 Å². The lowest BCUT2D eigenvalue weighted by Gasteiger charge is -2.25. The van der Waals surface area contributed by atoms with E-state index in [0.717, 1.165) is 49.0 Å². The van der Waals surface area contributed by atoms with Crippen molar-refractivity contribution in [1.82, 2.24) is 0 Å². The van der Waals surface area contributed by atoms with Gasteiger partial charge in [0.1, 0.15) is 24.1 Å². The molecule has 234 valence electrons. The molecular weight excluding hydrogens is 564 g/mol. The van der Waals surface area contributed by atoms with Gasteiger partial charge in [0, 0.05) is 0 Å². The van der Waals surface area contributed by atoms with Crippen LogP contribution in [0.15, 0.2) is 53.4 Å². The highest BCUT2D eigenvalue weighted by Gasteiger charge is 2.46. The van der Waals surface area contributed by atoms with E-state index in [0.29, 0.717) is 19.4 Å². The third-order valence-electron chi connectivity index (χ3n) is 7.14. The summed E-state index contributed by atoms with van der Waals surface area (Å²) in [5, 5.41) is 0. The second-order valence-electron chi connectivity index (χ2n) is 11.2. The zero-order chi connectivity index (χ0) is 31.3. The van der Waals surface area contributed by atoms with Gasteiger partial charge in [-0.2, -0.15) is 8.42 Å². The smallest absolute Gasteiger partial charge is 0.297 e. The van der Waals surface area contributed by atoms with Gasteiger partial charge < -0.3 is 18.9 Å². The third kappa shape index (κ3) is 11.3. The van der Waals surface area contributed by atoms with E-state index in [4.69, 9.17) is 23.1 Å². The molecule has 43 heavy (non-hydrogen) atoms. The lowest BCUT2D eigenvalue weighted by atomic mass is 10.0. The van der Waals surface area contributed by atoms with E-state index >= 15 is 0 Å². The number of hydrogen-bond acceptors (Lipinski definition) is 7. The molecule has 7 nitrogen and oxygen atoms in total. The maximum Gasteiger partial charge on any atom is 0.297 e. The number of methoxy groups -OCH3 is 1. The molecule has 4 atom stereocenters. The van der Waals surface area contributed by atoms with Crippen LogP contribution in [0, 0.1) is 30.6 Å². The maximum atomic E-state index is 13.3. The van der Waals surface area contributed by atoms with Gasteiger partial charge in [0.25, 0.3) is 10.1 Å². The van der Waals surface area contributed by atoms with Crippen molar-refractivity contribution in [2.45, 2.75) is 121 Å². The number of benzene rings is 2. The fraction of sp³-hybridized carbons (Fsp3) is 0.543. The molecule has 2 aromatic rings. The summed E-state index contributed by atoms with van der Waals surface area (Å²) in [5.41, 5.74) is 1.99. The van der Waals surface area contributed by atoms with Crippen molar-refractivity contribution in [2.24, 2.45) is 0 Å². The van der Waals surface area contributed by atoms with Crippen molar-refractivity contribution in [3.8, 4) is 29.4 Å². The molecule has 3 rings (SSSR count). The van der Waals surface area contributed by atoms with E-state index in [1.165, 1.54) is 0 Å². The summed E-state index contributed by atoms with van der Waals surface area (Å²) in [6.45, 7) is 10.1. The Bertz CT molecular complexity index is 1360. The topological polar surface area (TPSA) is 80.3 Å². The lowest BCUT2D eigenvalue weighted by molar-refractivity contribution is -0.151. The van der Waals surface area contributed by atoms with Gasteiger partial charge in [-0.25, -0.2) is 0 Å². The standard InChI is InChI=1S/C35H46O7S/c1-7-9-10-11-12-17-33(42-43(36,37)31-24-18-27(3)19-25-31)34-32(40-35(4,5)41-34)16-14-13-15-29(8-2)39-26-28-20-22-30(38-6)23-21-28/h18-25,29,32-34H,7-12,17,26H2,1-6H3/t29-,32+,33-,34+/m0/s1. The number of aryl methyl sites for hydroxylation is 1. The van der Waals surface area contributed by atoms with Crippen molar-refractivity contribution in [1.29, 1.82) is 0 Å². The molecule has 0 bridgehead atoms. The predicted octanol–water partition coefficient (Wildman–Crippen LogP) is 6.96. The molecule has 0 aromatic heterocycles. The second kappa shape index (κ2) is 16.9. The van der Waals surface area contributed by atoms with Gasteiger partial charge in [-0.3, -0.25) is 4.18 Å². The summed E-state index contributed by atoms with van der Waals surface area (Å²) >= 11 is 0. The molecule has 0 N–H and O–H groups in total. The molecule has 1 aliphatic rings. The Hall–Kier alpha value is -2.85. The Morgan fingerprint density at radius 3 is 2.28 bits per heavy atom. The molecule has 0 spiro atoms. The normalized spacial score (nSPS) is 19.0. The van der Waals surface area contributed by atoms with Crippen LogP contribution in [0.3, 0.4) is 0 Å². The van der Waals surface area contributed by atoms with Gasteiger partial charge in [-0.05, 0) is 75.3 Å². The molecule has 1 heterocycles. The lowest BCUT2D eigenvalue weighted by Crippen LogP contribution is -2.38. The zero-order valence-corrected chi connectivity index (χ0v) is 27.2. The summed E-state index contributed by atoms with van der Waals surface area (Å²) < 4.78 is 55.9. The van der Waals surface area contributed by atoms with Crippen molar-refractivity contribution in [3.63, 3.8) is 0 Å². The van der Waals surface area contributed by atoms with E-state index < -0.39 is 34.2 Å². The van der Waals surface area contributed by atoms with Crippen molar-refractivity contribution >= 4 is 10.1 Å². The van der Waals surface area contributed by atoms with Crippen molar-refractivity contribution in [2.75, 3.05) is 7.11 Å². The van der Waals surface area contributed by atoms with Gasteiger partial charge in [-0.15, -0.1) is 0 Å². The molecule has 0 unspecified atom stereocenters. The molecule has 1 saturated heterocycles. The minimum Gasteiger partial charge on any atom is -0.497 e. The Morgan fingerprint density at radius 2 is 1.63 bits per heavy atom. The molecule has 0 amide bonds. The van der Waals surface area contributed by atoms with Gasteiger partial charge in [0.2, 0.25) is 0 Å². The van der Waals surface area contributed by atoms with Crippen LogP contribution >= 0.6 is 0 Å². The van der Waals surface area contributed by atoms with Crippen LogP contribution in [-0.2, 0) is 35.1 Å². The van der Waals surface area contributed by atoms with E-state index in [9.17, 15) is 8.42 Å². The molecular formula is C35H46O7S. The number of unbranched alkanes of at least 4 members (excludes halogenated alkanes) is 4. The summed E-state index contributed by atoms with van der Waals surface area (Å²) in [4.78, 5) is 0.112. The molecule has 0 saturated carbocycles. The molecule has 0 radical (unpaired) electrons. The SMILES string of the molecule is CCCCCCC[C@H](OS(=O)(=O)c1ccc(C)cc1)[C@@H]1OC(C)(C)O[C@@H]1C#CC#C[C@H](CC)OCc1ccc(OC)cc1. The first kappa shape index (κ1) is 34.6. The third-order valence-corrected chi connectivity index (χ3v) is 8.49. The van der Waals surface area contributed by atoms with Crippen LogP contribution in [0.5, 0.6) is 5.75 Å². The van der Waals surface area contributed by atoms with Gasteiger partial charge in [0.15, 0.2) is 11.9 Å². The summed E-state index contributed by atoms with van der Waals surface area (Å²) in [7, 11) is -2.39. The minimum absolute atomic E-state index is 0.112. The monoisotopic (exact) mass is 610 g/mol. The molecule has 0 aliphatic carbocycles. The summed E-state index contributed by atoms with van der Waals surface area (Å²) in [5.74, 6) is 11.8. The summed E-state index contributed by atoms with van der Waals surface area (Å²) in [6, 6.07) is 14.3. The fourth-order valence-electron chi connectivity index (χ4n) is 4.72. The van der Waals surface area contributed by atoms with Gasteiger partial charge in [-0.1, -0.05) is 87.6 Å². The van der Waals surface area contributed by atoms with Crippen LogP contribution in [0.4, 0.5) is 0 Å². The first-order chi connectivity index (χ1) is 20.6. The van der Waals surface area contributed by atoms with E-state index in [1.54, 1.807) is 45.2 Å². The van der Waals surface area contributed by atoms with E-state index in [2.05, 4.69) is 30.6 Å². The molecule has 1 aliphatic heterocycles. The first-order valence-electron chi connectivity index (χ1n) is 15.2. The number of rotatable bonds is 15. The quantitative estimate of drug-likeness (QED) is 0.123. The zero-order valence-electron chi connectivity index (χ0n) is 26.4. The average Bonchev–Trinajstić information content (AvgIpc) is 3.30. The summed E-state index contributed by atoms with van der Waals surface area (Å²) in [6.07, 6.45) is 3.86. The second-order valence-corrected chi connectivity index (χ2v) is 12.8. The first-order valence-corrected chi connectivity index (χ1v) is 16.6. The molecule has 8 heteroatoms. The molecule has 1 fully saturated rings. The Labute approximate surface area is 258 Å². The number of ether oxygens (including phenoxy) is 4. The van der Waals surface area contributed by atoms with Crippen LogP contribution in [0.25, 0.3) is 0 Å². The highest BCUT2D eigenvalue weighted by molar-refractivity contribution is 7.86. The van der Waals surface area contributed by atoms with Gasteiger partial charge >= 0.3 is 0 Å². The minimum atomic E-state index is -4.03. The fourth-order valence-corrected chi connectivity index (χ4v) is 5.83. The average molecular weight is 611 g/mol. The number of hydrogen-bond donors (Lipinski definition) is 0. The highest BCUT2D eigenvalue weighted by atomic mass is 32.2. The van der Waals surface area contributed by atoms with Crippen molar-refractivity contribution < 1.29 is 31.5 Å². The maximum absolute atomic E-state index is 13.3. The van der Waals surface area contributed by atoms with E-state index in [-0.39, 0.29) is 11.0 Å². The van der Waals surface area contributed by atoms with E-state index in [1.807, 2.05) is 38.1 Å². The Kier molecular flexibility index (Phi) is 13.6. The van der Waals surface area contributed by atoms with Crippen molar-refractivity contribution in [3.05, 3.63) is 59.7 Å². The predicted molar refractivity (Wildman–Crippen MR) is 168 cm³/mol. The Morgan fingerprint density at radius 1 is 0.930 bits per heavy atom. The Balaban J connectivity index is 1.74. The van der Waals surface area contributed by atoms with Crippen LogP contribution in [0.2, 0.25) is 0 Å². The van der Waals surface area contributed by atoms with Gasteiger partial charge in [0.05, 0.1) is 18.6 Å². The molecule has 2 aromatic carbocycles. The largest absolute Gasteiger partial charge is 0.497 e. The highest BCUT2D eigenvalue weighted by Crippen LogP contribution is 2.34. The van der Waals surface area contributed by atoms with Crippen LogP contribution < -0.4 is 4.74 Å². The van der Waals surface area contributed by atoms with Crippen LogP contribution in [-0.4, -0.2) is 45.7 Å².